The van der Waals surface area contributed by atoms with E-state index in [-0.39, 0.29) is 10.8 Å². The molecule has 10 aromatic rings. The Kier molecular flexibility index (Phi) is 9.58. The van der Waals surface area contributed by atoms with Gasteiger partial charge in [-0.05, 0) is 196 Å². The molecule has 0 N–H and O–H groups in total. The van der Waals surface area contributed by atoms with E-state index in [0.29, 0.717) is 0 Å². The van der Waals surface area contributed by atoms with Crippen molar-refractivity contribution in [1.82, 2.24) is 0 Å². The van der Waals surface area contributed by atoms with Crippen molar-refractivity contribution in [2.45, 2.75) is 64.2 Å². The second-order valence-electron chi connectivity index (χ2n) is 18.8. The second kappa shape index (κ2) is 15.7. The molecule has 0 fully saturated rings. The van der Waals surface area contributed by atoms with Gasteiger partial charge in [0, 0.05) is 10.8 Å². The SMILES string of the molecule is CCC1(CC)c2cc(-c3ccc4c(c3)C(CC)(CC)c3cc(-c5cc6ccccc6cc5-c5ccccc5)ccc3-4)ccc2-c2ccc(-c3cc4ccccc4cc3-c3ccccc3)cc21. The number of hydrogen-bond donors (Lipinski definition) is 0. The van der Waals surface area contributed by atoms with Crippen LogP contribution >= 0.6 is 0 Å². The summed E-state index contributed by atoms with van der Waals surface area (Å²) in [6, 6.07) is 78.3. The zero-order valence-electron chi connectivity index (χ0n) is 38.5. The molecular formula is C66H54. The molecular weight excluding hydrogens is 793 g/mol. The third-order valence-corrected chi connectivity index (χ3v) is 16.0. The molecule has 0 atom stereocenters. The topological polar surface area (TPSA) is 0 Å². The Labute approximate surface area is 390 Å². The van der Waals surface area contributed by atoms with Gasteiger partial charge in [-0.25, -0.2) is 0 Å². The van der Waals surface area contributed by atoms with E-state index >= 15 is 0 Å². The van der Waals surface area contributed by atoms with Gasteiger partial charge in [0.2, 0.25) is 0 Å². The van der Waals surface area contributed by atoms with Crippen LogP contribution in [-0.4, -0.2) is 0 Å². The highest BCUT2D eigenvalue weighted by atomic mass is 14.5. The predicted molar refractivity (Wildman–Crippen MR) is 282 cm³/mol. The van der Waals surface area contributed by atoms with E-state index in [2.05, 4.69) is 234 Å². The van der Waals surface area contributed by atoms with Crippen molar-refractivity contribution in [3.05, 3.63) is 229 Å². The van der Waals surface area contributed by atoms with E-state index in [4.69, 9.17) is 0 Å². The maximum atomic E-state index is 2.56. The van der Waals surface area contributed by atoms with Crippen molar-refractivity contribution in [2.24, 2.45) is 0 Å². The maximum Gasteiger partial charge on any atom is 0.0210 e. The van der Waals surface area contributed by atoms with Crippen LogP contribution in [-0.2, 0) is 10.8 Å². The lowest BCUT2D eigenvalue weighted by molar-refractivity contribution is 0.490. The average Bonchev–Trinajstić information content (AvgIpc) is 3.83. The van der Waals surface area contributed by atoms with Crippen LogP contribution in [0.2, 0.25) is 0 Å². The van der Waals surface area contributed by atoms with Crippen molar-refractivity contribution in [3.63, 3.8) is 0 Å². The monoisotopic (exact) mass is 846 g/mol. The molecule has 0 heterocycles. The van der Waals surface area contributed by atoms with Crippen molar-refractivity contribution in [1.29, 1.82) is 0 Å². The molecule has 0 heteroatoms. The highest BCUT2D eigenvalue weighted by molar-refractivity contribution is 5.99. The van der Waals surface area contributed by atoms with Crippen molar-refractivity contribution >= 4 is 21.5 Å². The molecule has 0 spiro atoms. The van der Waals surface area contributed by atoms with Gasteiger partial charge in [0.25, 0.3) is 0 Å². The Balaban J connectivity index is 0.947. The lowest BCUT2D eigenvalue weighted by Crippen LogP contribution is -2.23. The van der Waals surface area contributed by atoms with Crippen molar-refractivity contribution in [3.8, 4) is 77.9 Å². The van der Waals surface area contributed by atoms with Crippen LogP contribution in [0.1, 0.15) is 75.6 Å². The molecule has 0 amide bonds. The van der Waals surface area contributed by atoms with Gasteiger partial charge in [-0.3, -0.25) is 0 Å². The molecule has 10 aromatic carbocycles. The Morgan fingerprint density at radius 2 is 0.485 bits per heavy atom. The molecule has 12 rings (SSSR count). The van der Waals surface area contributed by atoms with Gasteiger partial charge < -0.3 is 0 Å². The molecule has 0 radical (unpaired) electrons. The van der Waals surface area contributed by atoms with Gasteiger partial charge >= 0.3 is 0 Å². The van der Waals surface area contributed by atoms with Gasteiger partial charge in [-0.2, -0.15) is 0 Å². The molecule has 0 unspecified atom stereocenters. The van der Waals surface area contributed by atoms with Crippen LogP contribution in [0.3, 0.4) is 0 Å². The summed E-state index contributed by atoms with van der Waals surface area (Å²) in [5.41, 5.74) is 24.0. The first-order chi connectivity index (χ1) is 32.5. The van der Waals surface area contributed by atoms with Crippen LogP contribution in [0.5, 0.6) is 0 Å². The Hall–Kier alpha value is -7.28. The fourth-order valence-corrected chi connectivity index (χ4v) is 12.4. The molecule has 318 valence electrons. The smallest absolute Gasteiger partial charge is 0.0210 e. The first-order valence-electron chi connectivity index (χ1n) is 24.2. The van der Waals surface area contributed by atoms with Crippen LogP contribution in [0, 0.1) is 0 Å². The minimum Gasteiger partial charge on any atom is -0.0642 e. The standard InChI is InChI=1S/C66H54/c1-5-65(6-2)61-39-49(27-31-53(61)55-33-29-51(41-63(55)65)59-37-47-25-17-15-23-45(47)35-57(59)43-19-11-9-12-20-43)50-28-32-54-56-34-30-52(42-64(56)66(7-3,8-4)62(54)40-50)60-38-48-26-18-16-24-46(48)36-58(60)44-21-13-10-14-22-44/h9-42H,5-8H2,1-4H3. The fraction of sp³-hybridized carbons (Fsp3) is 0.152. The van der Waals surface area contributed by atoms with Gasteiger partial charge in [0.05, 0.1) is 0 Å². The Morgan fingerprint density at radius 3 is 0.788 bits per heavy atom. The summed E-state index contributed by atoms with van der Waals surface area (Å²) >= 11 is 0. The average molecular weight is 847 g/mol. The predicted octanol–water partition coefficient (Wildman–Crippen LogP) is 18.5. The normalized spacial score (nSPS) is 13.9. The number of hydrogen-bond acceptors (Lipinski definition) is 0. The van der Waals surface area contributed by atoms with Gasteiger partial charge in [-0.1, -0.05) is 185 Å². The van der Waals surface area contributed by atoms with E-state index in [0.717, 1.165) is 25.7 Å². The molecule has 0 saturated carbocycles. The summed E-state index contributed by atoms with van der Waals surface area (Å²) in [5, 5.41) is 5.08. The molecule has 0 bridgehead atoms. The van der Waals surface area contributed by atoms with Crippen LogP contribution in [0.25, 0.3) is 99.4 Å². The highest BCUT2D eigenvalue weighted by Gasteiger charge is 2.43. The quantitative estimate of drug-likeness (QED) is 0.136. The fourth-order valence-electron chi connectivity index (χ4n) is 12.4. The van der Waals surface area contributed by atoms with E-state index in [1.807, 2.05) is 0 Å². The summed E-state index contributed by atoms with van der Waals surface area (Å²) in [5.74, 6) is 0. The van der Waals surface area contributed by atoms with Gasteiger partial charge in [-0.15, -0.1) is 0 Å². The maximum absolute atomic E-state index is 2.56. The first kappa shape index (κ1) is 40.2. The van der Waals surface area contributed by atoms with E-state index < -0.39 is 0 Å². The summed E-state index contributed by atoms with van der Waals surface area (Å²) in [6.45, 7) is 9.58. The van der Waals surface area contributed by atoms with Crippen molar-refractivity contribution < 1.29 is 0 Å². The summed E-state index contributed by atoms with van der Waals surface area (Å²) in [4.78, 5) is 0. The number of rotatable bonds is 9. The molecule has 0 aromatic heterocycles. The van der Waals surface area contributed by atoms with Crippen LogP contribution in [0.15, 0.2) is 206 Å². The second-order valence-corrected chi connectivity index (χ2v) is 18.8. The van der Waals surface area contributed by atoms with E-state index in [1.54, 1.807) is 0 Å². The van der Waals surface area contributed by atoms with Crippen LogP contribution < -0.4 is 0 Å². The third-order valence-electron chi connectivity index (χ3n) is 16.0. The lowest BCUT2D eigenvalue weighted by Gasteiger charge is -2.31. The summed E-state index contributed by atoms with van der Waals surface area (Å²) in [7, 11) is 0. The molecule has 2 aliphatic rings. The lowest BCUT2D eigenvalue weighted by atomic mass is 9.72. The van der Waals surface area contributed by atoms with E-state index in [1.165, 1.54) is 122 Å². The number of benzene rings is 10. The minimum atomic E-state index is -0.0816. The van der Waals surface area contributed by atoms with Crippen molar-refractivity contribution in [2.75, 3.05) is 0 Å². The van der Waals surface area contributed by atoms with Gasteiger partial charge in [0.15, 0.2) is 0 Å². The number of fused-ring (bicyclic) bond motifs is 8. The summed E-state index contributed by atoms with van der Waals surface area (Å²) < 4.78 is 0. The first-order valence-corrected chi connectivity index (χ1v) is 24.2. The molecule has 0 nitrogen and oxygen atoms in total. The van der Waals surface area contributed by atoms with Crippen LogP contribution in [0.4, 0.5) is 0 Å². The van der Waals surface area contributed by atoms with Gasteiger partial charge in [0.1, 0.15) is 0 Å². The summed E-state index contributed by atoms with van der Waals surface area (Å²) in [6.07, 6.45) is 4.16. The zero-order valence-corrected chi connectivity index (χ0v) is 38.5. The van der Waals surface area contributed by atoms with E-state index in [9.17, 15) is 0 Å². The highest BCUT2D eigenvalue weighted by Crippen LogP contribution is 2.57. The third kappa shape index (κ3) is 6.04. The largest absolute Gasteiger partial charge is 0.0642 e. The molecule has 66 heavy (non-hydrogen) atoms. The zero-order chi connectivity index (χ0) is 44.6. The Bertz CT molecular complexity index is 3270. The molecule has 2 aliphatic carbocycles. The minimum absolute atomic E-state index is 0.0816. The molecule has 0 saturated heterocycles. The Morgan fingerprint density at radius 1 is 0.227 bits per heavy atom. The molecule has 0 aliphatic heterocycles.